The first kappa shape index (κ1) is 19.9. The summed E-state index contributed by atoms with van der Waals surface area (Å²) in [6.07, 6.45) is 2.46. The lowest BCUT2D eigenvalue weighted by Gasteiger charge is -2.30. The predicted molar refractivity (Wildman–Crippen MR) is 117 cm³/mol. The summed E-state index contributed by atoms with van der Waals surface area (Å²) in [4.78, 5) is 2.50. The van der Waals surface area contributed by atoms with Crippen molar-refractivity contribution in [1.29, 1.82) is 0 Å². The number of methoxy groups -OCH3 is 1. The van der Waals surface area contributed by atoms with Gasteiger partial charge in [0.2, 0.25) is 0 Å². The first-order valence-corrected chi connectivity index (χ1v) is 10.1. The molecule has 1 fully saturated rings. The van der Waals surface area contributed by atoms with E-state index in [0.29, 0.717) is 11.7 Å². The molecule has 1 unspecified atom stereocenters. The monoisotopic (exact) mass is 403 g/mol. The molecule has 144 valence electrons. The highest BCUT2D eigenvalue weighted by Gasteiger charge is 2.25. The molecule has 3 rings (SSSR count). The zero-order valence-electron chi connectivity index (χ0n) is 15.8. The number of nitrogens with zero attached hydrogens (tertiary/aromatic N) is 1. The van der Waals surface area contributed by atoms with E-state index in [1.807, 2.05) is 37.3 Å². The maximum Gasteiger partial charge on any atom is 0.170 e. The summed E-state index contributed by atoms with van der Waals surface area (Å²) >= 11 is 11.7. The summed E-state index contributed by atoms with van der Waals surface area (Å²) in [7, 11) is 1.72. The molecule has 1 aliphatic heterocycles. The second-order valence-electron chi connectivity index (χ2n) is 6.75. The number of ether oxygens (including phenoxy) is 1. The predicted octanol–water partition coefficient (Wildman–Crippen LogP) is 4.78. The van der Waals surface area contributed by atoms with Crippen molar-refractivity contribution in [3.05, 3.63) is 58.6 Å². The van der Waals surface area contributed by atoms with Gasteiger partial charge in [-0.3, -0.25) is 4.90 Å². The van der Waals surface area contributed by atoms with Crippen LogP contribution in [-0.4, -0.2) is 36.8 Å². The van der Waals surface area contributed by atoms with Gasteiger partial charge in [-0.1, -0.05) is 35.9 Å². The van der Waals surface area contributed by atoms with Gasteiger partial charge in [0.15, 0.2) is 5.11 Å². The molecule has 0 radical (unpaired) electrons. The maximum absolute atomic E-state index is 6.20. The smallest absolute Gasteiger partial charge is 0.170 e. The van der Waals surface area contributed by atoms with Crippen molar-refractivity contribution in [2.45, 2.75) is 25.8 Å². The Bertz CT molecular complexity index is 793. The van der Waals surface area contributed by atoms with Crippen LogP contribution in [0.3, 0.4) is 0 Å². The van der Waals surface area contributed by atoms with Gasteiger partial charge in [0.25, 0.3) is 0 Å². The minimum atomic E-state index is 0.212. The van der Waals surface area contributed by atoms with Crippen LogP contribution in [0.25, 0.3) is 0 Å². The van der Waals surface area contributed by atoms with Crippen molar-refractivity contribution < 1.29 is 4.74 Å². The number of hydrogen-bond donors (Lipinski definition) is 2. The number of likely N-dealkylation sites (tertiary alicyclic amines) is 1. The van der Waals surface area contributed by atoms with E-state index in [0.717, 1.165) is 35.1 Å². The Balaban J connectivity index is 1.71. The van der Waals surface area contributed by atoms with Crippen molar-refractivity contribution in [1.82, 2.24) is 10.2 Å². The normalized spacial score (nSPS) is 15.4. The molecule has 0 aromatic heterocycles. The molecule has 1 aliphatic rings. The Hall–Kier alpha value is -1.82. The molecule has 6 heteroatoms. The number of para-hydroxylation sites is 1. The number of benzene rings is 2. The molecule has 27 heavy (non-hydrogen) atoms. The molecule has 0 aliphatic carbocycles. The second-order valence-corrected chi connectivity index (χ2v) is 7.56. The second kappa shape index (κ2) is 9.40. The first-order chi connectivity index (χ1) is 13.1. The quantitative estimate of drug-likeness (QED) is 0.679. The van der Waals surface area contributed by atoms with E-state index in [9.17, 15) is 0 Å². The highest BCUT2D eigenvalue weighted by Crippen LogP contribution is 2.31. The number of halogens is 1. The first-order valence-electron chi connectivity index (χ1n) is 9.27. The highest BCUT2D eigenvalue weighted by molar-refractivity contribution is 7.80. The lowest BCUT2D eigenvalue weighted by atomic mass is 10.0. The summed E-state index contributed by atoms with van der Waals surface area (Å²) < 4.78 is 5.60. The zero-order valence-corrected chi connectivity index (χ0v) is 17.4. The summed E-state index contributed by atoms with van der Waals surface area (Å²) in [6.45, 7) is 4.89. The van der Waals surface area contributed by atoms with E-state index in [1.165, 1.54) is 18.4 Å². The largest absolute Gasteiger partial charge is 0.496 e. The van der Waals surface area contributed by atoms with Gasteiger partial charge in [0.05, 0.1) is 13.2 Å². The Morgan fingerprint density at radius 3 is 2.67 bits per heavy atom. The highest BCUT2D eigenvalue weighted by atomic mass is 35.5. The van der Waals surface area contributed by atoms with Gasteiger partial charge in [-0.2, -0.15) is 0 Å². The minimum absolute atomic E-state index is 0.212. The molecule has 1 heterocycles. The topological polar surface area (TPSA) is 36.5 Å². The van der Waals surface area contributed by atoms with E-state index < -0.39 is 0 Å². The van der Waals surface area contributed by atoms with Crippen LogP contribution in [0.5, 0.6) is 5.75 Å². The fraction of sp³-hybridized carbons (Fsp3) is 0.381. The molecular formula is C21H26ClN3OS. The van der Waals surface area contributed by atoms with Crippen molar-refractivity contribution in [3.8, 4) is 5.75 Å². The van der Waals surface area contributed by atoms with Crippen LogP contribution >= 0.6 is 23.8 Å². The molecule has 2 N–H and O–H groups in total. The molecule has 0 bridgehead atoms. The Labute approximate surface area is 171 Å². The fourth-order valence-electron chi connectivity index (χ4n) is 3.53. The van der Waals surface area contributed by atoms with Crippen LogP contribution < -0.4 is 15.4 Å². The molecule has 4 nitrogen and oxygen atoms in total. The number of anilines is 1. The van der Waals surface area contributed by atoms with Gasteiger partial charge in [0, 0.05) is 22.8 Å². The van der Waals surface area contributed by atoms with E-state index in [2.05, 4.69) is 27.7 Å². The molecule has 1 atom stereocenters. The molecule has 0 amide bonds. The van der Waals surface area contributed by atoms with Crippen LogP contribution in [0.4, 0.5) is 5.69 Å². The summed E-state index contributed by atoms with van der Waals surface area (Å²) in [5, 5.41) is 7.97. The van der Waals surface area contributed by atoms with E-state index in [1.54, 1.807) is 7.11 Å². The van der Waals surface area contributed by atoms with E-state index >= 15 is 0 Å². The summed E-state index contributed by atoms with van der Waals surface area (Å²) in [5.41, 5.74) is 3.11. The number of rotatable bonds is 6. The van der Waals surface area contributed by atoms with Gasteiger partial charge in [0.1, 0.15) is 5.75 Å². The number of thiocarbonyl (C=S) groups is 1. The molecule has 2 aromatic rings. The molecule has 1 saturated heterocycles. The zero-order chi connectivity index (χ0) is 19.2. The summed E-state index contributed by atoms with van der Waals surface area (Å²) in [5.74, 6) is 0.917. The molecule has 0 saturated carbocycles. The number of nitrogens with one attached hydrogen (secondary N) is 2. The third kappa shape index (κ3) is 4.92. The van der Waals surface area contributed by atoms with Crippen LogP contribution in [0.1, 0.15) is 30.0 Å². The van der Waals surface area contributed by atoms with Gasteiger partial charge in [-0.25, -0.2) is 0 Å². The maximum atomic E-state index is 6.20. The van der Waals surface area contributed by atoms with E-state index in [-0.39, 0.29) is 6.04 Å². The van der Waals surface area contributed by atoms with Crippen molar-refractivity contribution in [2.75, 3.05) is 32.1 Å². The number of hydrogen-bond acceptors (Lipinski definition) is 3. The minimum Gasteiger partial charge on any atom is -0.496 e. The van der Waals surface area contributed by atoms with Gasteiger partial charge < -0.3 is 15.4 Å². The average molecular weight is 404 g/mol. The van der Waals surface area contributed by atoms with Crippen LogP contribution in [-0.2, 0) is 0 Å². The lowest BCUT2D eigenvalue weighted by Crippen LogP contribution is -2.38. The lowest BCUT2D eigenvalue weighted by molar-refractivity contribution is 0.240. The van der Waals surface area contributed by atoms with Crippen LogP contribution in [0.2, 0.25) is 5.02 Å². The fourth-order valence-corrected chi connectivity index (χ4v) is 3.90. The third-order valence-corrected chi connectivity index (χ3v) is 5.71. The van der Waals surface area contributed by atoms with Crippen LogP contribution in [0.15, 0.2) is 42.5 Å². The Morgan fingerprint density at radius 2 is 1.93 bits per heavy atom. The SMILES string of the molecule is COc1ccccc1C(CNC(=S)Nc1cccc(Cl)c1C)N1CCCC1. The molecular weight excluding hydrogens is 378 g/mol. The Kier molecular flexibility index (Phi) is 6.94. The summed E-state index contributed by atoms with van der Waals surface area (Å²) in [6, 6.07) is 14.2. The Morgan fingerprint density at radius 1 is 1.19 bits per heavy atom. The van der Waals surface area contributed by atoms with Crippen LogP contribution in [0, 0.1) is 6.92 Å². The standard InChI is InChI=1S/C21H26ClN3OS/c1-15-17(22)9-7-10-18(15)24-21(27)23-14-19(25-12-5-6-13-25)16-8-3-4-11-20(16)26-2/h3-4,7-11,19H,5-6,12-14H2,1-2H3,(H2,23,24,27). The van der Waals surface area contributed by atoms with Crippen molar-refractivity contribution in [2.24, 2.45) is 0 Å². The molecule has 2 aromatic carbocycles. The van der Waals surface area contributed by atoms with Crippen molar-refractivity contribution >= 4 is 34.6 Å². The van der Waals surface area contributed by atoms with Gasteiger partial charge in [-0.15, -0.1) is 0 Å². The third-order valence-electron chi connectivity index (χ3n) is 5.05. The van der Waals surface area contributed by atoms with Crippen molar-refractivity contribution in [3.63, 3.8) is 0 Å². The molecule has 0 spiro atoms. The van der Waals surface area contributed by atoms with Gasteiger partial charge in [-0.05, 0) is 68.8 Å². The average Bonchev–Trinajstić information content (AvgIpc) is 3.20. The van der Waals surface area contributed by atoms with E-state index in [4.69, 9.17) is 28.6 Å². The van der Waals surface area contributed by atoms with Gasteiger partial charge >= 0.3 is 0 Å².